The second-order valence-corrected chi connectivity index (χ2v) is 0.816. The van der Waals surface area contributed by atoms with Crippen LogP contribution in [0.15, 0.2) is 0 Å². The molecular formula is C4H16N2O2. The molecule has 8 heavy (non-hydrogen) atoms. The molecule has 54 valence electrons. The number of hydrogen-bond donors (Lipinski definition) is 4. The van der Waals surface area contributed by atoms with E-state index in [1.54, 1.807) is 0 Å². The molecule has 0 radical (unpaired) electrons. The van der Waals surface area contributed by atoms with E-state index >= 15 is 0 Å². The average Bonchev–Trinajstić information content (AvgIpc) is 1.75. The Balaban J connectivity index is -0.0000000483. The number of rotatable bonds is 0. The molecule has 0 aliphatic rings. The molecule has 0 aromatic carbocycles. The molecule has 0 rings (SSSR count). The molecule has 0 spiro atoms. The smallest absolute Gasteiger partial charge is 0.0106 e. The fourth-order valence-corrected chi connectivity index (χ4v) is 0. The molecule has 0 saturated heterocycles. The van der Waals surface area contributed by atoms with Crippen molar-refractivity contribution >= 4 is 0 Å². The molecule has 0 aromatic rings. The van der Waals surface area contributed by atoms with E-state index in [1.807, 2.05) is 13.8 Å². The fraction of sp³-hybridized carbons (Fsp3) is 1.00. The van der Waals surface area contributed by atoms with Gasteiger partial charge in [0.05, 0.1) is 0 Å². The summed E-state index contributed by atoms with van der Waals surface area (Å²) in [4.78, 5) is 0. The second kappa shape index (κ2) is 68.9. The molecule has 4 heteroatoms. The van der Waals surface area contributed by atoms with E-state index < -0.39 is 0 Å². The van der Waals surface area contributed by atoms with Crippen molar-refractivity contribution < 1.29 is 10.5 Å². The van der Waals surface area contributed by atoms with Crippen molar-refractivity contribution in [1.82, 2.24) is 0 Å². The van der Waals surface area contributed by atoms with Gasteiger partial charge in [-0.3, -0.25) is 10.5 Å². The Kier molecular flexibility index (Phi) is 135. The summed E-state index contributed by atoms with van der Waals surface area (Å²) in [6.45, 7) is 5.31. The topological polar surface area (TPSA) is 92.5 Å². The fourth-order valence-electron chi connectivity index (χ4n) is 0. The van der Waals surface area contributed by atoms with Crippen molar-refractivity contribution in [1.29, 1.82) is 0 Å². The second-order valence-electron chi connectivity index (χ2n) is 0.816. The molecule has 0 atom stereocenters. The minimum absolute atomic E-state index is 0.750. The van der Waals surface area contributed by atoms with Crippen molar-refractivity contribution in [3.05, 3.63) is 0 Å². The van der Waals surface area contributed by atoms with E-state index in [0.29, 0.717) is 0 Å². The standard InChI is InChI=1S/2C2H7N.H2O2/c2*1-2-3;1-2/h2*2-3H2,1H3;1-2H. The lowest BCUT2D eigenvalue weighted by Gasteiger charge is -1.53. The molecule has 0 unspecified atom stereocenters. The van der Waals surface area contributed by atoms with E-state index in [4.69, 9.17) is 22.0 Å². The quantitative estimate of drug-likeness (QED) is 0.269. The van der Waals surface area contributed by atoms with Crippen molar-refractivity contribution in [2.45, 2.75) is 13.8 Å². The van der Waals surface area contributed by atoms with Crippen LogP contribution >= 0.6 is 0 Å². The summed E-state index contributed by atoms with van der Waals surface area (Å²) in [5.41, 5.74) is 9.69. The van der Waals surface area contributed by atoms with Crippen LogP contribution in [0.2, 0.25) is 0 Å². The minimum Gasteiger partial charge on any atom is -0.331 e. The Bertz CT molecular complexity index is 14.0. The van der Waals surface area contributed by atoms with E-state index in [0.717, 1.165) is 13.1 Å². The Morgan fingerprint density at radius 2 is 1.00 bits per heavy atom. The molecule has 0 saturated carbocycles. The first-order valence-corrected chi connectivity index (χ1v) is 2.43. The largest absolute Gasteiger partial charge is 0.331 e. The molecule has 0 amide bonds. The summed E-state index contributed by atoms with van der Waals surface area (Å²) >= 11 is 0. The highest BCUT2D eigenvalue weighted by Gasteiger charge is 1.33. The molecule has 0 aromatic heterocycles. The first kappa shape index (κ1) is 15.7. The molecule has 6 N–H and O–H groups in total. The van der Waals surface area contributed by atoms with Gasteiger partial charge < -0.3 is 11.5 Å². The molecular weight excluding hydrogens is 108 g/mol. The Hall–Kier alpha value is -0.160. The van der Waals surface area contributed by atoms with E-state index in [9.17, 15) is 0 Å². The predicted octanol–water partition coefficient (Wildman–Crippen LogP) is -0.0526. The Morgan fingerprint density at radius 3 is 1.00 bits per heavy atom. The van der Waals surface area contributed by atoms with E-state index in [-0.39, 0.29) is 0 Å². The highest BCUT2D eigenvalue weighted by Crippen LogP contribution is 1.20. The van der Waals surface area contributed by atoms with E-state index in [2.05, 4.69) is 0 Å². The van der Waals surface area contributed by atoms with Crippen LogP contribution in [0, 0.1) is 0 Å². The van der Waals surface area contributed by atoms with Crippen LogP contribution in [-0.4, -0.2) is 23.6 Å². The molecule has 0 aliphatic heterocycles. The summed E-state index contributed by atoms with van der Waals surface area (Å²) in [6.07, 6.45) is 0. The lowest BCUT2D eigenvalue weighted by molar-refractivity contribution is -0.176. The molecule has 0 fully saturated rings. The maximum atomic E-state index is 6.00. The zero-order chi connectivity index (χ0) is 7.41. The molecule has 0 heterocycles. The van der Waals surface area contributed by atoms with Crippen LogP contribution in [0.3, 0.4) is 0 Å². The minimum atomic E-state index is 0.750. The van der Waals surface area contributed by atoms with Crippen LogP contribution in [0.1, 0.15) is 13.8 Å². The van der Waals surface area contributed by atoms with Crippen molar-refractivity contribution in [2.24, 2.45) is 11.5 Å². The van der Waals surface area contributed by atoms with Gasteiger partial charge in [-0.1, -0.05) is 13.8 Å². The Morgan fingerprint density at radius 1 is 1.00 bits per heavy atom. The summed E-state index contributed by atoms with van der Waals surface area (Å²) in [6, 6.07) is 0. The van der Waals surface area contributed by atoms with Gasteiger partial charge in [0.25, 0.3) is 0 Å². The lowest BCUT2D eigenvalue weighted by atomic mass is 10.8. The predicted molar refractivity (Wildman–Crippen MR) is 34.7 cm³/mol. The van der Waals surface area contributed by atoms with Gasteiger partial charge in [0.15, 0.2) is 0 Å². The highest BCUT2D eigenvalue weighted by molar-refractivity contribution is 4.00. The highest BCUT2D eigenvalue weighted by atomic mass is 17.0. The van der Waals surface area contributed by atoms with Crippen LogP contribution in [0.25, 0.3) is 0 Å². The van der Waals surface area contributed by atoms with Crippen molar-refractivity contribution in [2.75, 3.05) is 13.1 Å². The molecule has 4 nitrogen and oxygen atoms in total. The zero-order valence-corrected chi connectivity index (χ0v) is 5.46. The first-order valence-electron chi connectivity index (χ1n) is 2.43. The SMILES string of the molecule is CCN.CCN.OO. The van der Waals surface area contributed by atoms with Crippen LogP contribution < -0.4 is 11.5 Å². The summed E-state index contributed by atoms with van der Waals surface area (Å²) in [7, 11) is 0. The average molecular weight is 124 g/mol. The van der Waals surface area contributed by atoms with Gasteiger partial charge in [0, 0.05) is 0 Å². The van der Waals surface area contributed by atoms with Crippen LogP contribution in [0.4, 0.5) is 0 Å². The normalized spacial score (nSPS) is 5.25. The monoisotopic (exact) mass is 124 g/mol. The van der Waals surface area contributed by atoms with Crippen molar-refractivity contribution in [3.63, 3.8) is 0 Å². The lowest BCUT2D eigenvalue weighted by Crippen LogP contribution is -1.87. The maximum Gasteiger partial charge on any atom is -0.0106 e. The van der Waals surface area contributed by atoms with Gasteiger partial charge >= 0.3 is 0 Å². The third-order valence-corrected chi connectivity index (χ3v) is 0. The van der Waals surface area contributed by atoms with Crippen LogP contribution in [0.5, 0.6) is 0 Å². The maximum absolute atomic E-state index is 6.00. The Labute approximate surface area is 50.0 Å². The third-order valence-electron chi connectivity index (χ3n) is 0. The van der Waals surface area contributed by atoms with Gasteiger partial charge in [-0.05, 0) is 13.1 Å². The summed E-state index contributed by atoms with van der Waals surface area (Å²) < 4.78 is 0. The molecule has 0 bridgehead atoms. The van der Waals surface area contributed by atoms with Crippen LogP contribution in [-0.2, 0) is 0 Å². The van der Waals surface area contributed by atoms with Gasteiger partial charge in [0.2, 0.25) is 0 Å². The van der Waals surface area contributed by atoms with E-state index in [1.165, 1.54) is 0 Å². The first-order chi connectivity index (χ1) is 3.83. The van der Waals surface area contributed by atoms with Gasteiger partial charge in [-0.25, -0.2) is 0 Å². The van der Waals surface area contributed by atoms with Crippen molar-refractivity contribution in [3.8, 4) is 0 Å². The van der Waals surface area contributed by atoms with Gasteiger partial charge in [-0.2, -0.15) is 0 Å². The number of nitrogens with two attached hydrogens (primary N) is 2. The number of hydrogen-bond acceptors (Lipinski definition) is 4. The third kappa shape index (κ3) is 5340. The molecule has 0 aliphatic carbocycles. The summed E-state index contributed by atoms with van der Waals surface area (Å²) in [5, 5.41) is 12.0. The zero-order valence-electron chi connectivity index (χ0n) is 5.46. The van der Waals surface area contributed by atoms with Gasteiger partial charge in [0.1, 0.15) is 0 Å². The van der Waals surface area contributed by atoms with Gasteiger partial charge in [-0.15, -0.1) is 0 Å². The summed E-state index contributed by atoms with van der Waals surface area (Å²) in [5.74, 6) is 0.